The number of rotatable bonds is 9. The molecule has 6 nitrogen and oxygen atoms in total. The topological polar surface area (TPSA) is 72.1 Å². The van der Waals surface area contributed by atoms with Gasteiger partial charge in [-0.15, -0.1) is 0 Å². The Balaban J connectivity index is 2.48. The zero-order valence-electron chi connectivity index (χ0n) is 14.0. The van der Waals surface area contributed by atoms with E-state index in [1.165, 1.54) is 0 Å². The normalized spacial score (nSPS) is 13.2. The van der Waals surface area contributed by atoms with Crippen LogP contribution in [0.15, 0.2) is 29.3 Å². The van der Waals surface area contributed by atoms with E-state index in [4.69, 9.17) is 15.2 Å². The summed E-state index contributed by atoms with van der Waals surface area (Å²) in [4.78, 5) is 6.42. The quantitative estimate of drug-likeness (QED) is 0.527. The number of guanidine groups is 1. The summed E-state index contributed by atoms with van der Waals surface area (Å²) >= 11 is 0. The van der Waals surface area contributed by atoms with Crippen molar-refractivity contribution >= 4 is 5.96 Å². The molecular weight excluding hydrogens is 280 g/mol. The number of nitrogens with zero attached hydrogens (tertiary/aromatic N) is 2. The predicted octanol–water partition coefficient (Wildman–Crippen LogP) is 1.07. The molecule has 0 aromatic heterocycles. The van der Waals surface area contributed by atoms with Crippen molar-refractivity contribution in [2.75, 3.05) is 41.0 Å². The molecule has 0 spiro atoms. The molecule has 1 rings (SSSR count). The summed E-state index contributed by atoms with van der Waals surface area (Å²) in [5, 5.41) is 3.08. The summed E-state index contributed by atoms with van der Waals surface area (Å²) in [7, 11) is 5.71. The molecule has 0 radical (unpaired) electrons. The van der Waals surface area contributed by atoms with E-state index in [1.54, 1.807) is 7.11 Å². The number of aliphatic imine (C=N–C) groups is 1. The highest BCUT2D eigenvalue weighted by Crippen LogP contribution is 2.14. The maximum Gasteiger partial charge on any atom is 0.189 e. The van der Waals surface area contributed by atoms with Gasteiger partial charge in [-0.2, -0.15) is 0 Å². The van der Waals surface area contributed by atoms with E-state index in [-0.39, 0.29) is 6.04 Å². The van der Waals surface area contributed by atoms with Gasteiger partial charge in [-0.25, -0.2) is 4.99 Å². The minimum absolute atomic E-state index is 0.134. The molecule has 0 fully saturated rings. The lowest BCUT2D eigenvalue weighted by atomic mass is 10.2. The van der Waals surface area contributed by atoms with Gasteiger partial charge in [-0.05, 0) is 38.7 Å². The van der Waals surface area contributed by atoms with Crippen molar-refractivity contribution in [2.24, 2.45) is 10.7 Å². The highest BCUT2D eigenvalue weighted by atomic mass is 16.5. The zero-order chi connectivity index (χ0) is 16.4. The molecule has 124 valence electrons. The monoisotopic (exact) mass is 308 g/mol. The largest absolute Gasteiger partial charge is 0.492 e. The Morgan fingerprint density at radius 3 is 2.86 bits per heavy atom. The maximum atomic E-state index is 5.85. The van der Waals surface area contributed by atoms with E-state index in [1.807, 2.05) is 45.3 Å². The molecule has 0 saturated carbocycles. The minimum Gasteiger partial charge on any atom is -0.492 e. The molecular formula is C16H28N4O2. The fourth-order valence-corrected chi connectivity index (χ4v) is 1.85. The molecule has 0 aliphatic carbocycles. The Morgan fingerprint density at radius 2 is 2.18 bits per heavy atom. The molecule has 1 aromatic carbocycles. The zero-order valence-corrected chi connectivity index (χ0v) is 14.0. The van der Waals surface area contributed by atoms with E-state index >= 15 is 0 Å². The van der Waals surface area contributed by atoms with Gasteiger partial charge >= 0.3 is 0 Å². The Kier molecular flexibility index (Phi) is 8.32. The number of likely N-dealkylation sites (N-methyl/N-ethyl adjacent to an activating group) is 1. The summed E-state index contributed by atoms with van der Waals surface area (Å²) in [6, 6.07) is 8.05. The van der Waals surface area contributed by atoms with Crippen molar-refractivity contribution in [1.29, 1.82) is 0 Å². The first-order valence-electron chi connectivity index (χ1n) is 7.43. The standard InChI is InChI=1S/C16H28N4O2/c1-13(12-21-4)19-16(17)18-11-14-6-5-7-15(10-14)22-9-8-20(2)3/h5-7,10,13H,8-9,11-12H2,1-4H3,(H3,17,18,19). The van der Waals surface area contributed by atoms with Crippen LogP contribution in [-0.2, 0) is 11.3 Å². The second-order valence-corrected chi connectivity index (χ2v) is 5.50. The van der Waals surface area contributed by atoms with Crippen LogP contribution >= 0.6 is 0 Å². The molecule has 22 heavy (non-hydrogen) atoms. The number of nitrogens with one attached hydrogen (secondary N) is 1. The van der Waals surface area contributed by atoms with Crippen LogP contribution in [0.2, 0.25) is 0 Å². The smallest absolute Gasteiger partial charge is 0.189 e. The second kappa shape index (κ2) is 10.0. The van der Waals surface area contributed by atoms with Crippen molar-refractivity contribution in [3.8, 4) is 5.75 Å². The number of ether oxygens (including phenoxy) is 2. The van der Waals surface area contributed by atoms with Crippen molar-refractivity contribution in [1.82, 2.24) is 10.2 Å². The van der Waals surface area contributed by atoms with Gasteiger partial charge in [0.25, 0.3) is 0 Å². The summed E-state index contributed by atoms with van der Waals surface area (Å²) in [5.74, 6) is 1.28. The van der Waals surface area contributed by atoms with Crippen molar-refractivity contribution in [3.05, 3.63) is 29.8 Å². The summed E-state index contributed by atoms with van der Waals surface area (Å²) in [6.45, 7) is 4.65. The minimum atomic E-state index is 0.134. The number of hydrogen-bond donors (Lipinski definition) is 2. The lowest BCUT2D eigenvalue weighted by Gasteiger charge is -2.13. The summed E-state index contributed by atoms with van der Waals surface area (Å²) in [6.07, 6.45) is 0. The van der Waals surface area contributed by atoms with Crippen molar-refractivity contribution < 1.29 is 9.47 Å². The Morgan fingerprint density at radius 1 is 1.41 bits per heavy atom. The fraction of sp³-hybridized carbons (Fsp3) is 0.562. The molecule has 1 atom stereocenters. The molecule has 0 aliphatic heterocycles. The highest BCUT2D eigenvalue weighted by molar-refractivity contribution is 5.78. The van der Waals surface area contributed by atoms with Gasteiger partial charge in [-0.3, -0.25) is 0 Å². The van der Waals surface area contributed by atoms with Crippen LogP contribution in [-0.4, -0.2) is 57.9 Å². The molecule has 1 aromatic rings. The van der Waals surface area contributed by atoms with E-state index in [0.29, 0.717) is 25.7 Å². The third-order valence-corrected chi connectivity index (χ3v) is 2.95. The molecule has 3 N–H and O–H groups in total. The highest BCUT2D eigenvalue weighted by Gasteiger charge is 2.02. The van der Waals surface area contributed by atoms with Gasteiger partial charge in [0.15, 0.2) is 5.96 Å². The van der Waals surface area contributed by atoms with Gasteiger partial charge in [0.1, 0.15) is 12.4 Å². The second-order valence-electron chi connectivity index (χ2n) is 5.50. The molecule has 0 amide bonds. The van der Waals surface area contributed by atoms with Crippen LogP contribution in [0.3, 0.4) is 0 Å². The van der Waals surface area contributed by atoms with Gasteiger partial charge in [-0.1, -0.05) is 12.1 Å². The van der Waals surface area contributed by atoms with Crippen LogP contribution in [0, 0.1) is 0 Å². The summed E-state index contributed by atoms with van der Waals surface area (Å²) in [5.41, 5.74) is 6.91. The number of benzene rings is 1. The van der Waals surface area contributed by atoms with Crippen LogP contribution in [0.1, 0.15) is 12.5 Å². The van der Waals surface area contributed by atoms with Crippen molar-refractivity contribution in [3.63, 3.8) is 0 Å². The lowest BCUT2D eigenvalue weighted by molar-refractivity contribution is 0.179. The van der Waals surface area contributed by atoms with Gasteiger partial charge in [0, 0.05) is 19.7 Å². The van der Waals surface area contributed by atoms with Crippen LogP contribution in [0.25, 0.3) is 0 Å². The third-order valence-electron chi connectivity index (χ3n) is 2.95. The van der Waals surface area contributed by atoms with Crippen molar-refractivity contribution in [2.45, 2.75) is 19.5 Å². The van der Waals surface area contributed by atoms with E-state index < -0.39 is 0 Å². The Bertz CT molecular complexity index is 463. The maximum absolute atomic E-state index is 5.85. The van der Waals surface area contributed by atoms with Crippen LogP contribution < -0.4 is 15.8 Å². The average molecular weight is 308 g/mol. The predicted molar refractivity (Wildman–Crippen MR) is 90.3 cm³/mol. The van der Waals surface area contributed by atoms with E-state index in [0.717, 1.165) is 17.9 Å². The number of hydrogen-bond acceptors (Lipinski definition) is 4. The molecule has 0 heterocycles. The van der Waals surface area contributed by atoms with Crippen LogP contribution in [0.5, 0.6) is 5.75 Å². The molecule has 0 aliphatic rings. The Labute approximate surface area is 133 Å². The first-order valence-corrected chi connectivity index (χ1v) is 7.43. The molecule has 0 bridgehead atoms. The first-order chi connectivity index (χ1) is 10.5. The van der Waals surface area contributed by atoms with E-state index in [2.05, 4.69) is 15.2 Å². The lowest BCUT2D eigenvalue weighted by Crippen LogP contribution is -2.40. The van der Waals surface area contributed by atoms with Gasteiger partial charge in [0.05, 0.1) is 13.2 Å². The Hall–Kier alpha value is -1.79. The first kappa shape index (κ1) is 18.3. The molecule has 1 unspecified atom stereocenters. The average Bonchev–Trinajstić information content (AvgIpc) is 2.45. The fourth-order valence-electron chi connectivity index (χ4n) is 1.85. The number of nitrogens with two attached hydrogens (primary N) is 1. The van der Waals surface area contributed by atoms with Gasteiger partial charge in [0.2, 0.25) is 0 Å². The number of methoxy groups -OCH3 is 1. The molecule has 0 saturated heterocycles. The van der Waals surface area contributed by atoms with E-state index in [9.17, 15) is 0 Å². The summed E-state index contributed by atoms with van der Waals surface area (Å²) < 4.78 is 10.8. The third kappa shape index (κ3) is 7.85. The SMILES string of the molecule is COCC(C)NC(N)=NCc1cccc(OCCN(C)C)c1. The van der Waals surface area contributed by atoms with Crippen LogP contribution in [0.4, 0.5) is 0 Å². The van der Waals surface area contributed by atoms with Gasteiger partial charge < -0.3 is 25.4 Å². The molecule has 6 heteroatoms.